The average molecular weight is 367 g/mol. The monoisotopic (exact) mass is 367 g/mol. The zero-order valence-corrected chi connectivity index (χ0v) is 15.3. The van der Waals surface area contributed by atoms with Gasteiger partial charge < -0.3 is 9.84 Å². The van der Waals surface area contributed by atoms with E-state index in [0.29, 0.717) is 11.4 Å². The van der Waals surface area contributed by atoms with Crippen LogP contribution in [-0.2, 0) is 10.0 Å². The second-order valence-corrected chi connectivity index (χ2v) is 8.13. The Morgan fingerprint density at radius 3 is 2.28 bits per heavy atom. The van der Waals surface area contributed by atoms with Crippen molar-refractivity contribution < 1.29 is 22.7 Å². The molecule has 0 aromatic heterocycles. The maximum atomic E-state index is 13.2. The lowest BCUT2D eigenvalue weighted by atomic mass is 10.1. The highest BCUT2D eigenvalue weighted by Gasteiger charge is 2.29. The van der Waals surface area contributed by atoms with Crippen molar-refractivity contribution in [3.63, 3.8) is 0 Å². The van der Waals surface area contributed by atoms with Crippen LogP contribution in [0.3, 0.4) is 0 Å². The lowest BCUT2D eigenvalue weighted by Gasteiger charge is -2.28. The Bertz CT molecular complexity index is 814. The molecule has 0 fully saturated rings. The van der Waals surface area contributed by atoms with Crippen molar-refractivity contribution >= 4 is 15.7 Å². The van der Waals surface area contributed by atoms with Gasteiger partial charge in [0.1, 0.15) is 11.6 Å². The molecule has 136 valence electrons. The largest absolute Gasteiger partial charge is 0.495 e. The molecule has 0 saturated heterocycles. The van der Waals surface area contributed by atoms with Crippen LogP contribution in [0.5, 0.6) is 5.75 Å². The van der Waals surface area contributed by atoms with Gasteiger partial charge in [0.05, 0.1) is 23.3 Å². The molecule has 5 nitrogen and oxygen atoms in total. The minimum atomic E-state index is -3.95. The molecule has 25 heavy (non-hydrogen) atoms. The Labute approximate surface area is 147 Å². The molecular weight excluding hydrogens is 345 g/mol. The first kappa shape index (κ1) is 19.2. The molecule has 0 aliphatic rings. The molecule has 2 aromatic rings. The van der Waals surface area contributed by atoms with Crippen LogP contribution in [0.15, 0.2) is 53.4 Å². The standard InChI is InChI=1S/C18H22FNO4S/c1-18(2,21)12-13-20(16-6-4-5-7-17(16)24-3)25(22,23)15-10-8-14(19)9-11-15/h4-11,21H,12-13H2,1-3H3. The second kappa shape index (κ2) is 7.41. The first-order chi connectivity index (χ1) is 11.6. The summed E-state index contributed by atoms with van der Waals surface area (Å²) < 4.78 is 45.8. The van der Waals surface area contributed by atoms with E-state index < -0.39 is 21.4 Å². The number of sulfonamides is 1. The van der Waals surface area contributed by atoms with E-state index in [2.05, 4.69) is 0 Å². The molecule has 0 aliphatic heterocycles. The van der Waals surface area contributed by atoms with Crippen molar-refractivity contribution in [2.75, 3.05) is 18.0 Å². The van der Waals surface area contributed by atoms with Gasteiger partial charge in [0.15, 0.2) is 0 Å². The smallest absolute Gasteiger partial charge is 0.264 e. The highest BCUT2D eigenvalue weighted by Crippen LogP contribution is 2.33. The maximum Gasteiger partial charge on any atom is 0.264 e. The predicted molar refractivity (Wildman–Crippen MR) is 94.8 cm³/mol. The Morgan fingerprint density at radius 2 is 1.72 bits per heavy atom. The summed E-state index contributed by atoms with van der Waals surface area (Å²) >= 11 is 0. The summed E-state index contributed by atoms with van der Waals surface area (Å²) in [5.41, 5.74) is -0.683. The summed E-state index contributed by atoms with van der Waals surface area (Å²) in [6, 6.07) is 11.4. The van der Waals surface area contributed by atoms with Crippen LogP contribution in [0, 0.1) is 5.82 Å². The Kier molecular flexibility index (Phi) is 5.69. The van der Waals surface area contributed by atoms with Crippen LogP contribution in [0.25, 0.3) is 0 Å². The number of rotatable bonds is 7. The summed E-state index contributed by atoms with van der Waals surface area (Å²) in [7, 11) is -2.49. The topological polar surface area (TPSA) is 66.8 Å². The third-order valence-electron chi connectivity index (χ3n) is 3.68. The van der Waals surface area contributed by atoms with E-state index in [-0.39, 0.29) is 17.9 Å². The zero-order valence-electron chi connectivity index (χ0n) is 14.4. The fourth-order valence-corrected chi connectivity index (χ4v) is 3.79. The summed E-state index contributed by atoms with van der Waals surface area (Å²) in [6.07, 6.45) is 0.214. The quantitative estimate of drug-likeness (QED) is 0.816. The molecule has 0 spiro atoms. The van der Waals surface area contributed by atoms with Crippen LogP contribution in [0.4, 0.5) is 10.1 Å². The highest BCUT2D eigenvalue weighted by molar-refractivity contribution is 7.92. The number of hydrogen-bond donors (Lipinski definition) is 1. The number of anilines is 1. The number of halogens is 1. The number of ether oxygens (including phenoxy) is 1. The third-order valence-corrected chi connectivity index (χ3v) is 5.51. The predicted octanol–water partition coefficient (Wildman–Crippen LogP) is 3.19. The zero-order chi connectivity index (χ0) is 18.7. The molecule has 0 saturated carbocycles. The van der Waals surface area contributed by atoms with E-state index >= 15 is 0 Å². The van der Waals surface area contributed by atoms with Crippen LogP contribution in [-0.4, -0.2) is 32.8 Å². The molecule has 0 atom stereocenters. The summed E-state index contributed by atoms with van der Waals surface area (Å²) in [5, 5.41) is 10.0. The van der Waals surface area contributed by atoms with Crippen molar-refractivity contribution in [2.45, 2.75) is 30.8 Å². The van der Waals surface area contributed by atoms with Crippen LogP contribution in [0.2, 0.25) is 0 Å². The van der Waals surface area contributed by atoms with Crippen molar-refractivity contribution in [3.8, 4) is 5.75 Å². The van der Waals surface area contributed by atoms with Crippen LogP contribution < -0.4 is 9.04 Å². The molecule has 0 bridgehead atoms. The third kappa shape index (κ3) is 4.70. The molecular formula is C18H22FNO4S. The van der Waals surface area contributed by atoms with E-state index in [1.165, 1.54) is 23.5 Å². The molecule has 0 aliphatic carbocycles. The normalized spacial score (nSPS) is 12.0. The minimum absolute atomic E-state index is 0.0319. The van der Waals surface area contributed by atoms with Crippen molar-refractivity contribution in [1.29, 1.82) is 0 Å². The molecule has 7 heteroatoms. The van der Waals surface area contributed by atoms with Crippen molar-refractivity contribution in [3.05, 3.63) is 54.3 Å². The number of methoxy groups -OCH3 is 1. The Morgan fingerprint density at radius 1 is 1.12 bits per heavy atom. The van der Waals surface area contributed by atoms with Gasteiger partial charge in [0, 0.05) is 6.54 Å². The molecule has 1 N–H and O–H groups in total. The Hall–Kier alpha value is -2.12. The van der Waals surface area contributed by atoms with Gasteiger partial charge in [-0.2, -0.15) is 0 Å². The summed E-state index contributed by atoms with van der Waals surface area (Å²) in [4.78, 5) is -0.0319. The molecule has 0 amide bonds. The molecule has 0 radical (unpaired) electrons. The molecule has 0 heterocycles. The van der Waals surface area contributed by atoms with Crippen molar-refractivity contribution in [2.24, 2.45) is 0 Å². The van der Waals surface area contributed by atoms with Gasteiger partial charge in [-0.15, -0.1) is 0 Å². The van der Waals surface area contributed by atoms with E-state index in [1.807, 2.05) is 0 Å². The fraction of sp³-hybridized carbons (Fsp3) is 0.333. The lowest BCUT2D eigenvalue weighted by molar-refractivity contribution is 0.0740. The fourth-order valence-electron chi connectivity index (χ4n) is 2.31. The van der Waals surface area contributed by atoms with Gasteiger partial charge in [-0.05, 0) is 56.7 Å². The summed E-state index contributed by atoms with van der Waals surface area (Å²) in [6.45, 7) is 3.26. The number of nitrogens with zero attached hydrogens (tertiary/aromatic N) is 1. The SMILES string of the molecule is COc1ccccc1N(CCC(C)(C)O)S(=O)(=O)c1ccc(F)cc1. The van der Waals surface area contributed by atoms with Crippen molar-refractivity contribution in [1.82, 2.24) is 0 Å². The van der Waals surface area contributed by atoms with E-state index in [9.17, 15) is 17.9 Å². The average Bonchev–Trinajstić information content (AvgIpc) is 2.54. The first-order valence-electron chi connectivity index (χ1n) is 7.79. The number of aliphatic hydroxyl groups is 1. The lowest BCUT2D eigenvalue weighted by Crippen LogP contribution is -2.36. The van der Waals surface area contributed by atoms with E-state index in [1.54, 1.807) is 38.1 Å². The Balaban J connectivity index is 2.52. The first-order valence-corrected chi connectivity index (χ1v) is 9.23. The minimum Gasteiger partial charge on any atom is -0.495 e. The van der Waals surface area contributed by atoms with E-state index in [4.69, 9.17) is 4.74 Å². The van der Waals surface area contributed by atoms with Gasteiger partial charge >= 0.3 is 0 Å². The van der Waals surface area contributed by atoms with Gasteiger partial charge in [-0.25, -0.2) is 12.8 Å². The number of benzene rings is 2. The highest BCUT2D eigenvalue weighted by atomic mass is 32.2. The van der Waals surface area contributed by atoms with Gasteiger partial charge in [0.25, 0.3) is 10.0 Å². The van der Waals surface area contributed by atoms with Gasteiger partial charge in [-0.1, -0.05) is 12.1 Å². The molecule has 2 aromatic carbocycles. The van der Waals surface area contributed by atoms with Gasteiger partial charge in [-0.3, -0.25) is 4.31 Å². The molecule has 0 unspecified atom stereocenters. The molecule has 2 rings (SSSR count). The summed E-state index contributed by atoms with van der Waals surface area (Å²) in [5.74, 6) is -0.122. The van der Waals surface area contributed by atoms with E-state index in [0.717, 1.165) is 12.1 Å². The van der Waals surface area contributed by atoms with Crippen LogP contribution >= 0.6 is 0 Å². The number of hydrogen-bond acceptors (Lipinski definition) is 4. The van der Waals surface area contributed by atoms with Crippen LogP contribution in [0.1, 0.15) is 20.3 Å². The second-order valence-electron chi connectivity index (χ2n) is 6.27. The number of para-hydroxylation sites is 2. The maximum absolute atomic E-state index is 13.2. The van der Waals surface area contributed by atoms with Gasteiger partial charge in [0.2, 0.25) is 0 Å².